The number of rotatable bonds is 7. The van der Waals surface area contributed by atoms with Gasteiger partial charge in [0.25, 0.3) is 0 Å². The summed E-state index contributed by atoms with van der Waals surface area (Å²) in [7, 11) is 2.12. The molecule has 2 aromatic rings. The molecule has 1 heterocycles. The molecule has 0 aliphatic carbocycles. The Morgan fingerprint density at radius 2 is 1.71 bits per heavy atom. The average molecular weight is 303 g/mol. The number of nitrogens with zero attached hydrogens (tertiary/aromatic N) is 2. The van der Waals surface area contributed by atoms with E-state index in [1.165, 1.54) is 16.7 Å². The van der Waals surface area contributed by atoms with Crippen molar-refractivity contribution in [3.63, 3.8) is 0 Å². The summed E-state index contributed by atoms with van der Waals surface area (Å²) in [6, 6.07) is 12.8. The lowest BCUT2D eigenvalue weighted by atomic mass is 10.1. The lowest BCUT2D eigenvalue weighted by Gasteiger charge is -2.20. The average Bonchev–Trinajstić information content (AvgIpc) is 2.54. The van der Waals surface area contributed by atoms with Gasteiger partial charge >= 0.3 is 0 Å². The van der Waals surface area contributed by atoms with E-state index in [0.717, 1.165) is 25.9 Å². The van der Waals surface area contributed by atoms with Gasteiger partial charge in [-0.1, -0.05) is 31.2 Å². The fraction of sp³-hybridized carbons (Fsp3) is 0.389. The van der Waals surface area contributed by atoms with Crippen molar-refractivity contribution in [1.29, 1.82) is 0 Å². The third-order valence-electron chi connectivity index (χ3n) is 3.75. The second-order valence-electron chi connectivity index (χ2n) is 5.43. The summed E-state index contributed by atoms with van der Waals surface area (Å²) < 4.78 is 0. The second-order valence-corrected chi connectivity index (χ2v) is 5.96. The van der Waals surface area contributed by atoms with Gasteiger partial charge in [-0.25, -0.2) is 0 Å². The molecule has 0 fully saturated rings. The minimum Gasteiger partial charge on any atom is -0.304 e. The van der Waals surface area contributed by atoms with Crippen LogP contribution in [0, 0.1) is 0 Å². The lowest BCUT2D eigenvalue weighted by Crippen LogP contribution is -2.25. The minimum atomic E-state index is 0.0401. The molecule has 112 valence electrons. The van der Waals surface area contributed by atoms with E-state index >= 15 is 0 Å². The summed E-state index contributed by atoms with van der Waals surface area (Å²) in [6.45, 7) is 4.03. The maximum Gasteiger partial charge on any atom is 0.0712 e. The van der Waals surface area contributed by atoms with Crippen LogP contribution in [0.5, 0.6) is 0 Å². The Balaban J connectivity index is 1.82. The fourth-order valence-corrected chi connectivity index (χ4v) is 2.68. The number of halogens is 1. The van der Waals surface area contributed by atoms with Gasteiger partial charge in [-0.15, -0.1) is 11.6 Å². The molecule has 1 aromatic heterocycles. The quantitative estimate of drug-likeness (QED) is 0.716. The van der Waals surface area contributed by atoms with Crippen molar-refractivity contribution >= 4 is 11.6 Å². The summed E-state index contributed by atoms with van der Waals surface area (Å²) in [5.74, 6) is 0. The highest BCUT2D eigenvalue weighted by Gasteiger charge is 2.11. The maximum absolute atomic E-state index is 6.53. The molecular weight excluding hydrogens is 280 g/mol. The zero-order valence-corrected chi connectivity index (χ0v) is 13.6. The van der Waals surface area contributed by atoms with Gasteiger partial charge in [-0.05, 0) is 48.7 Å². The van der Waals surface area contributed by atoms with Gasteiger partial charge in [0.15, 0.2) is 0 Å². The first kappa shape index (κ1) is 16.0. The van der Waals surface area contributed by atoms with E-state index in [4.69, 9.17) is 11.6 Å². The largest absolute Gasteiger partial charge is 0.304 e. The van der Waals surface area contributed by atoms with Gasteiger partial charge in [-0.3, -0.25) is 4.98 Å². The van der Waals surface area contributed by atoms with Gasteiger partial charge < -0.3 is 4.90 Å². The van der Waals surface area contributed by atoms with Crippen LogP contribution < -0.4 is 0 Å². The van der Waals surface area contributed by atoms with Crippen LogP contribution in [0.3, 0.4) is 0 Å². The molecule has 0 saturated heterocycles. The molecule has 0 N–H and O–H groups in total. The van der Waals surface area contributed by atoms with Crippen LogP contribution in [0.25, 0.3) is 0 Å². The molecule has 0 amide bonds. The predicted molar refractivity (Wildman–Crippen MR) is 89.9 cm³/mol. The molecule has 0 aliphatic rings. The standard InChI is InChI=1S/C18H23ClN2/c1-3-15-4-6-17(7-5-15)18(19)14-21(2)13-10-16-8-11-20-12-9-16/h4-9,11-12,18H,3,10,13-14H2,1-2H3. The molecule has 1 unspecified atom stereocenters. The van der Waals surface area contributed by atoms with Crippen LogP contribution >= 0.6 is 11.6 Å². The first-order valence-electron chi connectivity index (χ1n) is 7.49. The Bertz CT molecular complexity index is 525. The number of hydrogen-bond donors (Lipinski definition) is 0. The smallest absolute Gasteiger partial charge is 0.0712 e. The SMILES string of the molecule is CCc1ccc(C(Cl)CN(C)CCc2ccncc2)cc1. The van der Waals surface area contributed by atoms with Crippen LogP contribution in [-0.2, 0) is 12.8 Å². The van der Waals surface area contributed by atoms with Crippen LogP contribution in [-0.4, -0.2) is 30.0 Å². The Hall–Kier alpha value is -1.38. The number of alkyl halides is 1. The number of benzene rings is 1. The normalized spacial score (nSPS) is 12.6. The van der Waals surface area contributed by atoms with E-state index in [9.17, 15) is 0 Å². The third kappa shape index (κ3) is 5.14. The molecule has 1 aromatic carbocycles. The van der Waals surface area contributed by atoms with Crippen molar-refractivity contribution in [3.8, 4) is 0 Å². The van der Waals surface area contributed by atoms with Crippen molar-refractivity contribution < 1.29 is 0 Å². The molecule has 0 aliphatic heterocycles. The van der Waals surface area contributed by atoms with Gasteiger partial charge in [0.2, 0.25) is 0 Å². The maximum atomic E-state index is 6.53. The van der Waals surface area contributed by atoms with Crippen molar-refractivity contribution in [1.82, 2.24) is 9.88 Å². The van der Waals surface area contributed by atoms with Crippen LogP contribution in [0.1, 0.15) is 29.0 Å². The first-order valence-corrected chi connectivity index (χ1v) is 7.93. The zero-order valence-electron chi connectivity index (χ0n) is 12.8. The number of aromatic nitrogens is 1. The van der Waals surface area contributed by atoms with E-state index in [1.807, 2.05) is 12.4 Å². The molecule has 3 heteroatoms. The highest BCUT2D eigenvalue weighted by molar-refractivity contribution is 6.21. The Morgan fingerprint density at radius 1 is 1.05 bits per heavy atom. The van der Waals surface area contributed by atoms with Gasteiger partial charge in [0.05, 0.1) is 5.38 Å². The van der Waals surface area contributed by atoms with Crippen LogP contribution in [0.15, 0.2) is 48.8 Å². The predicted octanol–water partition coefficient (Wildman–Crippen LogP) is 4.10. The zero-order chi connectivity index (χ0) is 15.1. The minimum absolute atomic E-state index is 0.0401. The molecule has 0 radical (unpaired) electrons. The highest BCUT2D eigenvalue weighted by atomic mass is 35.5. The van der Waals surface area contributed by atoms with Crippen molar-refractivity contribution in [2.45, 2.75) is 25.1 Å². The van der Waals surface area contributed by atoms with Crippen molar-refractivity contribution in [2.75, 3.05) is 20.1 Å². The summed E-state index contributed by atoms with van der Waals surface area (Å²) in [5, 5.41) is 0.0401. The van der Waals surface area contributed by atoms with Crippen molar-refractivity contribution in [3.05, 3.63) is 65.5 Å². The van der Waals surface area contributed by atoms with E-state index in [0.29, 0.717) is 0 Å². The number of hydrogen-bond acceptors (Lipinski definition) is 2. The Kier molecular flexibility index (Phi) is 6.21. The molecule has 2 nitrogen and oxygen atoms in total. The van der Waals surface area contributed by atoms with Crippen molar-refractivity contribution in [2.24, 2.45) is 0 Å². The van der Waals surface area contributed by atoms with Crippen LogP contribution in [0.4, 0.5) is 0 Å². The third-order valence-corrected chi connectivity index (χ3v) is 4.14. The van der Waals surface area contributed by atoms with Gasteiger partial charge in [-0.2, -0.15) is 0 Å². The van der Waals surface area contributed by atoms with Crippen LogP contribution in [0.2, 0.25) is 0 Å². The number of likely N-dealkylation sites (N-methyl/N-ethyl adjacent to an activating group) is 1. The lowest BCUT2D eigenvalue weighted by molar-refractivity contribution is 0.338. The number of aryl methyl sites for hydroxylation is 1. The summed E-state index contributed by atoms with van der Waals surface area (Å²) in [4.78, 5) is 6.32. The van der Waals surface area contributed by atoms with E-state index < -0.39 is 0 Å². The topological polar surface area (TPSA) is 16.1 Å². The van der Waals surface area contributed by atoms with E-state index in [2.05, 4.69) is 60.3 Å². The molecule has 0 saturated carbocycles. The highest BCUT2D eigenvalue weighted by Crippen LogP contribution is 2.22. The summed E-state index contributed by atoms with van der Waals surface area (Å²) in [5.41, 5.74) is 3.87. The Morgan fingerprint density at radius 3 is 2.33 bits per heavy atom. The summed E-state index contributed by atoms with van der Waals surface area (Å²) >= 11 is 6.53. The molecule has 2 rings (SSSR count). The molecule has 21 heavy (non-hydrogen) atoms. The Labute approximate surface area is 132 Å². The van der Waals surface area contributed by atoms with E-state index in [1.54, 1.807) is 0 Å². The monoisotopic (exact) mass is 302 g/mol. The molecular formula is C18H23ClN2. The summed E-state index contributed by atoms with van der Waals surface area (Å²) in [6.07, 6.45) is 5.78. The molecule has 0 spiro atoms. The number of pyridine rings is 1. The van der Waals surface area contributed by atoms with Gasteiger partial charge in [0, 0.05) is 25.5 Å². The fourth-order valence-electron chi connectivity index (χ4n) is 2.30. The van der Waals surface area contributed by atoms with Gasteiger partial charge in [0.1, 0.15) is 0 Å². The van der Waals surface area contributed by atoms with E-state index in [-0.39, 0.29) is 5.38 Å². The second kappa shape index (κ2) is 8.16. The molecule has 0 bridgehead atoms. The molecule has 1 atom stereocenters. The first-order chi connectivity index (χ1) is 10.2.